The third kappa shape index (κ3) is 3.44. The van der Waals surface area contributed by atoms with E-state index in [0.29, 0.717) is 0 Å². The number of nitrogens with two attached hydrogens (primary N) is 1. The average molecular weight is 242 g/mol. The molecule has 6 nitrogen and oxygen atoms in total. The molecule has 0 aliphatic carbocycles. The number of hydrogen-bond donors (Lipinski definition) is 1. The van der Waals surface area contributed by atoms with E-state index in [1.165, 1.54) is 4.90 Å². The minimum absolute atomic E-state index is 0.187. The highest BCUT2D eigenvalue weighted by molar-refractivity contribution is 5.85. The Bertz CT molecular complexity index is 335. The fourth-order valence-electron chi connectivity index (χ4n) is 1.76. The molecule has 96 valence electrons. The van der Waals surface area contributed by atoms with Crippen LogP contribution in [0.25, 0.3) is 0 Å². The molecule has 1 rings (SSSR count). The van der Waals surface area contributed by atoms with Gasteiger partial charge in [0.05, 0.1) is 0 Å². The van der Waals surface area contributed by atoms with Crippen molar-refractivity contribution in [3.63, 3.8) is 0 Å². The van der Waals surface area contributed by atoms with Crippen molar-refractivity contribution < 1.29 is 19.1 Å². The third-order valence-electron chi connectivity index (χ3n) is 2.48. The summed E-state index contributed by atoms with van der Waals surface area (Å²) in [4.78, 5) is 34.9. The molecule has 0 spiro atoms. The SMILES string of the molecule is CC(C)(C)OC(=O)N1CC(C=O)CC1C(N)=O. The summed E-state index contributed by atoms with van der Waals surface area (Å²) in [6.45, 7) is 5.39. The second-order valence-corrected chi connectivity index (χ2v) is 5.18. The zero-order chi connectivity index (χ0) is 13.2. The normalized spacial score (nSPS) is 24.5. The van der Waals surface area contributed by atoms with Gasteiger partial charge in [0.15, 0.2) is 0 Å². The largest absolute Gasteiger partial charge is 0.444 e. The molecule has 0 bridgehead atoms. The lowest BCUT2D eigenvalue weighted by molar-refractivity contribution is -0.122. The zero-order valence-electron chi connectivity index (χ0n) is 10.3. The van der Waals surface area contributed by atoms with Gasteiger partial charge in [-0.3, -0.25) is 9.69 Å². The lowest BCUT2D eigenvalue weighted by Crippen LogP contribution is -2.45. The number of primary amides is 1. The third-order valence-corrected chi connectivity index (χ3v) is 2.48. The highest BCUT2D eigenvalue weighted by Gasteiger charge is 2.40. The molecule has 0 aromatic carbocycles. The first kappa shape index (κ1) is 13.5. The summed E-state index contributed by atoms with van der Waals surface area (Å²) in [7, 11) is 0. The fourth-order valence-corrected chi connectivity index (χ4v) is 1.76. The van der Waals surface area contributed by atoms with E-state index >= 15 is 0 Å². The summed E-state index contributed by atoms with van der Waals surface area (Å²) < 4.78 is 5.16. The Morgan fingerprint density at radius 3 is 2.41 bits per heavy atom. The van der Waals surface area contributed by atoms with Gasteiger partial charge in [0.1, 0.15) is 17.9 Å². The smallest absolute Gasteiger partial charge is 0.410 e. The van der Waals surface area contributed by atoms with Crippen LogP contribution in [0.1, 0.15) is 27.2 Å². The van der Waals surface area contributed by atoms with Crippen molar-refractivity contribution in [1.82, 2.24) is 4.90 Å². The zero-order valence-corrected chi connectivity index (χ0v) is 10.3. The van der Waals surface area contributed by atoms with E-state index in [4.69, 9.17) is 10.5 Å². The van der Waals surface area contributed by atoms with Crippen LogP contribution >= 0.6 is 0 Å². The molecule has 6 heteroatoms. The van der Waals surface area contributed by atoms with Gasteiger partial charge in [-0.1, -0.05) is 0 Å². The standard InChI is InChI=1S/C11H18N2O4/c1-11(2,3)17-10(16)13-5-7(6-14)4-8(13)9(12)15/h6-8H,4-5H2,1-3H3,(H2,12,15). The summed E-state index contributed by atoms with van der Waals surface area (Å²) in [5.74, 6) is -0.958. The van der Waals surface area contributed by atoms with Gasteiger partial charge in [-0.05, 0) is 27.2 Å². The van der Waals surface area contributed by atoms with Crippen molar-refractivity contribution in [1.29, 1.82) is 0 Å². The van der Waals surface area contributed by atoms with Crippen molar-refractivity contribution in [2.45, 2.75) is 38.8 Å². The van der Waals surface area contributed by atoms with Crippen molar-refractivity contribution in [2.75, 3.05) is 6.54 Å². The molecule has 0 aromatic rings. The van der Waals surface area contributed by atoms with Crippen molar-refractivity contribution in [3.8, 4) is 0 Å². The molecule has 1 heterocycles. The number of carbonyl (C=O) groups excluding carboxylic acids is 3. The molecule has 1 fully saturated rings. The highest BCUT2D eigenvalue weighted by atomic mass is 16.6. The molecule has 0 radical (unpaired) electrons. The fraction of sp³-hybridized carbons (Fsp3) is 0.727. The molecular weight excluding hydrogens is 224 g/mol. The van der Waals surface area contributed by atoms with Crippen LogP contribution in [0.2, 0.25) is 0 Å². The number of carbonyl (C=O) groups is 3. The maximum Gasteiger partial charge on any atom is 0.410 e. The molecule has 2 atom stereocenters. The van der Waals surface area contributed by atoms with Crippen LogP contribution in [0, 0.1) is 5.92 Å². The Morgan fingerprint density at radius 2 is 2.00 bits per heavy atom. The monoisotopic (exact) mass is 242 g/mol. The summed E-state index contributed by atoms with van der Waals surface area (Å²) in [5, 5.41) is 0. The molecule has 17 heavy (non-hydrogen) atoms. The lowest BCUT2D eigenvalue weighted by Gasteiger charge is -2.27. The molecule has 1 aliphatic rings. The van der Waals surface area contributed by atoms with E-state index in [1.54, 1.807) is 20.8 Å². The Balaban J connectivity index is 2.77. The van der Waals surface area contributed by atoms with Crippen LogP contribution in [0.3, 0.4) is 0 Å². The van der Waals surface area contributed by atoms with Crippen LogP contribution in [-0.2, 0) is 14.3 Å². The van der Waals surface area contributed by atoms with E-state index < -0.39 is 23.6 Å². The maximum atomic E-state index is 11.8. The van der Waals surface area contributed by atoms with E-state index in [9.17, 15) is 14.4 Å². The van der Waals surface area contributed by atoms with Crippen molar-refractivity contribution >= 4 is 18.3 Å². The van der Waals surface area contributed by atoms with Gasteiger partial charge in [0, 0.05) is 12.5 Å². The van der Waals surface area contributed by atoms with E-state index in [1.807, 2.05) is 0 Å². The minimum Gasteiger partial charge on any atom is -0.444 e. The number of rotatable bonds is 2. The Morgan fingerprint density at radius 1 is 1.41 bits per heavy atom. The molecule has 1 aliphatic heterocycles. The summed E-state index contributed by atoms with van der Waals surface area (Å²) in [6, 6.07) is -0.750. The summed E-state index contributed by atoms with van der Waals surface area (Å²) in [6.07, 6.45) is 0.406. The van der Waals surface area contributed by atoms with Crippen molar-refractivity contribution in [2.24, 2.45) is 11.7 Å². The van der Waals surface area contributed by atoms with Crippen LogP contribution < -0.4 is 5.73 Å². The van der Waals surface area contributed by atoms with Crippen LogP contribution in [0.5, 0.6) is 0 Å². The van der Waals surface area contributed by atoms with Gasteiger partial charge in [-0.15, -0.1) is 0 Å². The van der Waals surface area contributed by atoms with Gasteiger partial charge >= 0.3 is 6.09 Å². The van der Waals surface area contributed by atoms with E-state index in [2.05, 4.69) is 0 Å². The average Bonchev–Trinajstić information content (AvgIpc) is 2.58. The van der Waals surface area contributed by atoms with E-state index in [0.717, 1.165) is 6.29 Å². The summed E-state index contributed by atoms with van der Waals surface area (Å²) >= 11 is 0. The molecule has 0 aromatic heterocycles. The predicted molar refractivity (Wildman–Crippen MR) is 60.1 cm³/mol. The minimum atomic E-state index is -0.750. The Hall–Kier alpha value is -1.59. The first-order valence-corrected chi connectivity index (χ1v) is 5.49. The topological polar surface area (TPSA) is 89.7 Å². The summed E-state index contributed by atoms with van der Waals surface area (Å²) in [5.41, 5.74) is 4.56. The molecule has 2 unspecified atom stereocenters. The maximum absolute atomic E-state index is 11.8. The number of ether oxygens (including phenoxy) is 1. The second kappa shape index (κ2) is 4.73. The first-order chi connectivity index (χ1) is 7.74. The number of amides is 2. The molecular formula is C11H18N2O4. The van der Waals surface area contributed by atoms with Gasteiger partial charge in [-0.25, -0.2) is 4.79 Å². The van der Waals surface area contributed by atoms with Crippen LogP contribution in [0.4, 0.5) is 4.79 Å². The molecule has 2 amide bonds. The number of aldehydes is 1. The Kier molecular flexibility index (Phi) is 3.75. The van der Waals surface area contributed by atoms with Crippen LogP contribution in [0.15, 0.2) is 0 Å². The molecule has 2 N–H and O–H groups in total. The number of likely N-dealkylation sites (tertiary alicyclic amines) is 1. The van der Waals surface area contributed by atoms with Crippen molar-refractivity contribution in [3.05, 3.63) is 0 Å². The van der Waals surface area contributed by atoms with Gasteiger partial charge in [0.25, 0.3) is 0 Å². The second-order valence-electron chi connectivity index (χ2n) is 5.18. The van der Waals surface area contributed by atoms with Gasteiger partial charge in [0.2, 0.25) is 5.91 Å². The highest BCUT2D eigenvalue weighted by Crippen LogP contribution is 2.24. The molecule has 1 saturated heterocycles. The first-order valence-electron chi connectivity index (χ1n) is 5.49. The lowest BCUT2D eigenvalue weighted by atomic mass is 10.1. The predicted octanol–water partition coefficient (Wildman–Crippen LogP) is 0.296. The van der Waals surface area contributed by atoms with Crippen LogP contribution in [-0.4, -0.2) is 41.4 Å². The van der Waals surface area contributed by atoms with E-state index in [-0.39, 0.29) is 18.9 Å². The quantitative estimate of drug-likeness (QED) is 0.705. The van der Waals surface area contributed by atoms with Gasteiger partial charge in [-0.2, -0.15) is 0 Å². The number of nitrogens with zero attached hydrogens (tertiary/aromatic N) is 1. The Labute approximate surface area is 100 Å². The van der Waals surface area contributed by atoms with Gasteiger partial charge < -0.3 is 15.3 Å². The molecule has 0 saturated carbocycles. The number of hydrogen-bond acceptors (Lipinski definition) is 4.